The van der Waals surface area contributed by atoms with Gasteiger partial charge in [0, 0.05) is 26.6 Å². The van der Waals surface area contributed by atoms with Crippen LogP contribution in [0.15, 0.2) is 66.0 Å². The first-order valence-electron chi connectivity index (χ1n) is 9.97. The van der Waals surface area contributed by atoms with Gasteiger partial charge in [0.2, 0.25) is 0 Å². The first-order valence-corrected chi connectivity index (χ1v) is 11.6. The van der Waals surface area contributed by atoms with Gasteiger partial charge in [-0.15, -0.1) is 11.3 Å². The summed E-state index contributed by atoms with van der Waals surface area (Å²) in [6.45, 7) is 2.40. The maximum atomic E-state index is 6.23. The third kappa shape index (κ3) is 5.52. The second kappa shape index (κ2) is 10.2. The molecule has 4 rings (SSSR count). The van der Waals surface area contributed by atoms with E-state index in [2.05, 4.69) is 36.6 Å². The average Bonchev–Trinajstić information content (AvgIpc) is 3.27. The number of aromatic nitrogens is 1. The fourth-order valence-corrected chi connectivity index (χ4v) is 4.27. The molecule has 1 aromatic heterocycles. The van der Waals surface area contributed by atoms with Gasteiger partial charge in [0.1, 0.15) is 11.6 Å². The van der Waals surface area contributed by atoms with Crippen molar-refractivity contribution >= 4 is 46.7 Å². The lowest BCUT2D eigenvalue weighted by molar-refractivity contribution is 0.284. The minimum Gasteiger partial charge on any atom is -0.493 e. The van der Waals surface area contributed by atoms with E-state index < -0.39 is 0 Å². The van der Waals surface area contributed by atoms with Crippen molar-refractivity contribution in [1.29, 1.82) is 0 Å². The van der Waals surface area contributed by atoms with Gasteiger partial charge in [-0.25, -0.2) is 4.98 Å². The quantitative estimate of drug-likeness (QED) is 0.266. The molecule has 32 heavy (non-hydrogen) atoms. The van der Waals surface area contributed by atoms with Crippen molar-refractivity contribution in [1.82, 2.24) is 4.98 Å². The molecule has 0 atom stereocenters. The number of hydrogen-bond acceptors (Lipinski definition) is 4. The molecule has 0 saturated carbocycles. The van der Waals surface area contributed by atoms with Crippen LogP contribution in [0.1, 0.15) is 21.7 Å². The number of thiazole rings is 1. The van der Waals surface area contributed by atoms with Gasteiger partial charge < -0.3 is 9.47 Å². The summed E-state index contributed by atoms with van der Waals surface area (Å²) in [7, 11) is 1.62. The number of halogens is 2. The molecule has 4 aromatic rings. The van der Waals surface area contributed by atoms with Crippen LogP contribution in [0.5, 0.6) is 11.5 Å². The lowest BCUT2D eigenvalue weighted by Gasteiger charge is -2.12. The predicted molar refractivity (Wildman–Crippen MR) is 135 cm³/mol. The van der Waals surface area contributed by atoms with E-state index in [1.807, 2.05) is 36.4 Å². The predicted octanol–water partition coefficient (Wildman–Crippen LogP) is 8.18. The summed E-state index contributed by atoms with van der Waals surface area (Å²) in [4.78, 5) is 4.72. The Morgan fingerprint density at radius 2 is 1.75 bits per heavy atom. The third-order valence-electron chi connectivity index (χ3n) is 4.87. The Labute approximate surface area is 201 Å². The number of methoxy groups -OCH3 is 1. The van der Waals surface area contributed by atoms with Crippen LogP contribution in [0.3, 0.4) is 0 Å². The van der Waals surface area contributed by atoms with Crippen LogP contribution in [0.4, 0.5) is 0 Å². The normalized spacial score (nSPS) is 11.1. The number of rotatable bonds is 7. The Hall–Kier alpha value is -2.79. The molecule has 0 amide bonds. The van der Waals surface area contributed by atoms with Crippen molar-refractivity contribution in [3.8, 4) is 22.8 Å². The van der Waals surface area contributed by atoms with Gasteiger partial charge in [-0.3, -0.25) is 0 Å². The maximum absolute atomic E-state index is 6.23. The molecule has 0 fully saturated rings. The summed E-state index contributed by atoms with van der Waals surface area (Å²) >= 11 is 13.8. The lowest BCUT2D eigenvalue weighted by atomic mass is 10.1. The number of benzene rings is 3. The van der Waals surface area contributed by atoms with E-state index in [4.69, 9.17) is 37.7 Å². The molecule has 0 N–H and O–H groups in total. The Bertz CT molecular complexity index is 1250. The zero-order chi connectivity index (χ0) is 22.5. The molecular weight excluding hydrogens is 461 g/mol. The summed E-state index contributed by atoms with van der Waals surface area (Å²) in [5.41, 5.74) is 5.19. The zero-order valence-corrected chi connectivity index (χ0v) is 20.0. The lowest BCUT2D eigenvalue weighted by Crippen LogP contribution is -1.98. The zero-order valence-electron chi connectivity index (χ0n) is 17.6. The van der Waals surface area contributed by atoms with Gasteiger partial charge in [-0.1, -0.05) is 71.2 Å². The van der Waals surface area contributed by atoms with Crippen molar-refractivity contribution < 1.29 is 9.47 Å². The van der Waals surface area contributed by atoms with E-state index in [1.165, 1.54) is 5.56 Å². The number of hydrogen-bond donors (Lipinski definition) is 0. The van der Waals surface area contributed by atoms with Crippen LogP contribution in [0.2, 0.25) is 10.0 Å². The second-order valence-electron chi connectivity index (χ2n) is 7.21. The van der Waals surface area contributed by atoms with E-state index in [1.54, 1.807) is 30.6 Å². The summed E-state index contributed by atoms with van der Waals surface area (Å²) in [6.07, 6.45) is 4.02. The van der Waals surface area contributed by atoms with Crippen molar-refractivity contribution in [3.63, 3.8) is 0 Å². The summed E-state index contributed by atoms with van der Waals surface area (Å²) < 4.78 is 11.4. The molecule has 0 bridgehead atoms. The van der Waals surface area contributed by atoms with E-state index in [-0.39, 0.29) is 0 Å². The largest absolute Gasteiger partial charge is 0.493 e. The van der Waals surface area contributed by atoms with Crippen molar-refractivity contribution in [3.05, 3.63) is 97.8 Å². The van der Waals surface area contributed by atoms with Gasteiger partial charge in [-0.2, -0.15) is 0 Å². The minimum atomic E-state index is 0.322. The molecule has 6 heteroatoms. The molecule has 0 aliphatic heterocycles. The molecular formula is C26H21Cl2NO2S. The highest BCUT2D eigenvalue weighted by Gasteiger charge is 2.08. The summed E-state index contributed by atoms with van der Waals surface area (Å²) in [5.74, 6) is 1.29. The van der Waals surface area contributed by atoms with E-state index >= 15 is 0 Å². The first kappa shape index (κ1) is 22.4. The SMILES string of the molecule is COc1cc(C=Cc2nc(-c3ccc(C)cc3)cs2)ccc1OCc1ccc(Cl)cc1Cl. The minimum absolute atomic E-state index is 0.322. The molecule has 0 radical (unpaired) electrons. The summed E-state index contributed by atoms with van der Waals surface area (Å²) in [5, 5.41) is 4.18. The summed E-state index contributed by atoms with van der Waals surface area (Å²) in [6, 6.07) is 19.5. The molecule has 162 valence electrons. The highest BCUT2D eigenvalue weighted by molar-refractivity contribution is 7.10. The van der Waals surface area contributed by atoms with Crippen LogP contribution >= 0.6 is 34.5 Å². The van der Waals surface area contributed by atoms with Crippen LogP contribution in [-0.4, -0.2) is 12.1 Å². The Balaban J connectivity index is 1.45. The Morgan fingerprint density at radius 1 is 0.938 bits per heavy atom. The fraction of sp³-hybridized carbons (Fsp3) is 0.115. The van der Waals surface area contributed by atoms with Gasteiger partial charge in [0.25, 0.3) is 0 Å². The average molecular weight is 482 g/mol. The van der Waals surface area contributed by atoms with Crippen LogP contribution < -0.4 is 9.47 Å². The number of ether oxygens (including phenoxy) is 2. The van der Waals surface area contributed by atoms with E-state index in [9.17, 15) is 0 Å². The van der Waals surface area contributed by atoms with Crippen LogP contribution in [-0.2, 0) is 6.61 Å². The standard InChI is InChI=1S/C26H21Cl2NO2S/c1-17-3-7-19(8-4-17)23-16-32-26(29-23)12-6-18-5-11-24(25(13-18)30-2)31-15-20-9-10-21(27)14-22(20)28/h3-14,16H,15H2,1-2H3. The third-order valence-corrected chi connectivity index (χ3v) is 6.27. The monoisotopic (exact) mass is 481 g/mol. The highest BCUT2D eigenvalue weighted by Crippen LogP contribution is 2.31. The first-order chi connectivity index (χ1) is 15.5. The Kier molecular flexibility index (Phi) is 7.15. The van der Waals surface area contributed by atoms with Gasteiger partial charge in [0.15, 0.2) is 11.5 Å². The molecule has 0 aliphatic rings. The number of aryl methyl sites for hydroxylation is 1. The molecule has 3 nitrogen and oxygen atoms in total. The molecule has 0 aliphatic carbocycles. The van der Waals surface area contributed by atoms with Crippen molar-refractivity contribution in [2.75, 3.05) is 7.11 Å². The van der Waals surface area contributed by atoms with Crippen molar-refractivity contribution in [2.45, 2.75) is 13.5 Å². The molecule has 3 aromatic carbocycles. The smallest absolute Gasteiger partial charge is 0.161 e. The second-order valence-corrected chi connectivity index (χ2v) is 8.94. The van der Waals surface area contributed by atoms with Gasteiger partial charge in [0.05, 0.1) is 12.8 Å². The molecule has 0 spiro atoms. The Morgan fingerprint density at radius 3 is 2.50 bits per heavy atom. The molecule has 0 unspecified atom stereocenters. The van der Waals surface area contributed by atoms with Crippen molar-refractivity contribution in [2.24, 2.45) is 0 Å². The van der Waals surface area contributed by atoms with Gasteiger partial charge in [-0.05, 0) is 42.8 Å². The molecule has 0 saturated heterocycles. The van der Waals surface area contributed by atoms with Crippen LogP contribution in [0, 0.1) is 6.92 Å². The topological polar surface area (TPSA) is 31.4 Å². The van der Waals surface area contributed by atoms with Gasteiger partial charge >= 0.3 is 0 Å². The molecule has 1 heterocycles. The van der Waals surface area contributed by atoms with Crippen LogP contribution in [0.25, 0.3) is 23.4 Å². The van der Waals surface area contributed by atoms with E-state index in [0.29, 0.717) is 28.2 Å². The number of nitrogens with zero attached hydrogens (tertiary/aromatic N) is 1. The fourth-order valence-electron chi connectivity index (χ4n) is 3.09. The maximum Gasteiger partial charge on any atom is 0.161 e. The highest BCUT2D eigenvalue weighted by atomic mass is 35.5. The van der Waals surface area contributed by atoms with E-state index in [0.717, 1.165) is 27.4 Å².